The molecule has 0 saturated carbocycles. The van der Waals surface area contributed by atoms with Gasteiger partial charge in [0.15, 0.2) is 4.32 Å². The monoisotopic (exact) mass is 492 g/mol. The number of carbonyl (C=O) groups excluding carboxylic acids is 1. The van der Waals surface area contributed by atoms with E-state index in [9.17, 15) is 9.59 Å². The predicted octanol–water partition coefficient (Wildman–Crippen LogP) is 5.96. The number of amides is 1. The molecule has 7 heteroatoms. The van der Waals surface area contributed by atoms with Gasteiger partial charge < -0.3 is 10.0 Å². The summed E-state index contributed by atoms with van der Waals surface area (Å²) in [6.07, 6.45) is 4.18. The van der Waals surface area contributed by atoms with E-state index in [2.05, 4.69) is 44.7 Å². The van der Waals surface area contributed by atoms with E-state index >= 15 is 0 Å². The van der Waals surface area contributed by atoms with Crippen LogP contribution in [0.15, 0.2) is 41.3 Å². The lowest BCUT2D eigenvalue weighted by molar-refractivity contribution is -0.113. The van der Waals surface area contributed by atoms with E-state index in [1.807, 2.05) is 6.08 Å². The van der Waals surface area contributed by atoms with Crippen molar-refractivity contribution in [2.75, 3.05) is 22.9 Å². The van der Waals surface area contributed by atoms with Crippen LogP contribution in [0.5, 0.6) is 0 Å². The van der Waals surface area contributed by atoms with Crippen LogP contribution in [0.25, 0.3) is 6.08 Å². The van der Waals surface area contributed by atoms with Crippen LogP contribution >= 0.6 is 24.0 Å². The molecule has 176 valence electrons. The van der Waals surface area contributed by atoms with Crippen molar-refractivity contribution >= 4 is 57.6 Å². The first kappa shape index (κ1) is 23.1. The Balaban J connectivity index is 1.55. The molecule has 0 bridgehead atoms. The number of benzene rings is 2. The lowest BCUT2D eigenvalue weighted by atomic mass is 9.69. The van der Waals surface area contributed by atoms with Gasteiger partial charge in [0.1, 0.15) is 0 Å². The first-order valence-corrected chi connectivity index (χ1v) is 12.8. The lowest BCUT2D eigenvalue weighted by Crippen LogP contribution is -2.44. The third kappa shape index (κ3) is 3.75. The fraction of sp³-hybridized carbons (Fsp3) is 0.370. The molecule has 3 aliphatic heterocycles. The molecule has 1 amide bonds. The number of rotatable bonds is 3. The molecular weight excluding hydrogens is 464 g/mol. The fourth-order valence-corrected chi connectivity index (χ4v) is 6.44. The average molecular weight is 493 g/mol. The zero-order chi connectivity index (χ0) is 24.4. The molecule has 2 aromatic rings. The van der Waals surface area contributed by atoms with Crippen molar-refractivity contribution in [1.82, 2.24) is 0 Å². The summed E-state index contributed by atoms with van der Waals surface area (Å²) in [6, 6.07) is 10.7. The van der Waals surface area contributed by atoms with Crippen LogP contribution in [0, 0.1) is 0 Å². The minimum atomic E-state index is -1.00. The molecular formula is C27H28N2O3S2. The molecule has 0 aromatic heterocycles. The predicted molar refractivity (Wildman–Crippen MR) is 143 cm³/mol. The summed E-state index contributed by atoms with van der Waals surface area (Å²) < 4.78 is 0.449. The summed E-state index contributed by atoms with van der Waals surface area (Å²) in [6.45, 7) is 11.4. The second kappa shape index (κ2) is 7.95. The van der Waals surface area contributed by atoms with Crippen LogP contribution in [0.2, 0.25) is 0 Å². The number of carbonyl (C=O) groups is 2. The average Bonchev–Trinajstić information content (AvgIpc) is 3.05. The van der Waals surface area contributed by atoms with Crippen LogP contribution in [0.1, 0.15) is 67.6 Å². The van der Waals surface area contributed by atoms with Crippen molar-refractivity contribution < 1.29 is 14.7 Å². The van der Waals surface area contributed by atoms with E-state index in [4.69, 9.17) is 17.3 Å². The molecule has 1 fully saturated rings. The van der Waals surface area contributed by atoms with E-state index < -0.39 is 5.97 Å². The maximum Gasteiger partial charge on any atom is 0.335 e. The molecule has 0 atom stereocenters. The van der Waals surface area contributed by atoms with Gasteiger partial charge in [-0.3, -0.25) is 9.69 Å². The highest BCUT2D eigenvalue weighted by molar-refractivity contribution is 8.27. The summed E-state index contributed by atoms with van der Waals surface area (Å²) in [5.74, 6) is -1.18. The molecule has 3 heterocycles. The standard InChI is InChI=1S/C27H28N2O3S2/c1-26(2)9-11-28-12-10-27(3,4)20-14-16(13-19(26)22(20)28)15-21-23(30)29(25(33)34-21)18-7-5-17(6-8-18)24(31)32/h5-8,13-15H,9-12H2,1-4H3,(H,31,32)/b21-15+. The van der Waals surface area contributed by atoms with Gasteiger partial charge in [-0.25, -0.2) is 4.79 Å². The maximum absolute atomic E-state index is 13.3. The number of aromatic carboxylic acids is 1. The number of carboxylic acid groups (broad SMARTS) is 1. The fourth-order valence-electron chi connectivity index (χ4n) is 5.14. The Kier molecular flexibility index (Phi) is 5.41. The zero-order valence-corrected chi connectivity index (χ0v) is 21.5. The quantitative estimate of drug-likeness (QED) is 0.421. The third-order valence-corrected chi connectivity index (χ3v) is 8.69. The highest BCUT2D eigenvalue weighted by atomic mass is 32.2. The number of carboxylic acids is 1. The van der Waals surface area contributed by atoms with E-state index in [-0.39, 0.29) is 22.3 Å². The summed E-state index contributed by atoms with van der Waals surface area (Å²) in [7, 11) is 0. The van der Waals surface area contributed by atoms with Crippen LogP contribution in [0.4, 0.5) is 11.4 Å². The van der Waals surface area contributed by atoms with E-state index in [0.717, 1.165) is 31.5 Å². The molecule has 5 nitrogen and oxygen atoms in total. The number of thioether (sulfide) groups is 1. The topological polar surface area (TPSA) is 60.9 Å². The molecule has 1 saturated heterocycles. The van der Waals surface area contributed by atoms with Gasteiger partial charge in [0.05, 0.1) is 16.2 Å². The Labute approximate surface area is 209 Å². The van der Waals surface area contributed by atoms with Crippen LogP contribution in [0.3, 0.4) is 0 Å². The summed E-state index contributed by atoms with van der Waals surface area (Å²) >= 11 is 6.81. The van der Waals surface area contributed by atoms with Gasteiger partial charge in [0.25, 0.3) is 5.91 Å². The minimum Gasteiger partial charge on any atom is -0.478 e. The van der Waals surface area contributed by atoms with Gasteiger partial charge >= 0.3 is 5.97 Å². The first-order chi connectivity index (χ1) is 16.0. The Hall–Kier alpha value is -2.64. The highest BCUT2D eigenvalue weighted by Gasteiger charge is 2.40. The van der Waals surface area contributed by atoms with Gasteiger partial charge in [-0.05, 0) is 82.8 Å². The molecule has 0 unspecified atom stereocenters. The van der Waals surface area contributed by atoms with Crippen LogP contribution in [-0.2, 0) is 15.6 Å². The van der Waals surface area contributed by atoms with Crippen molar-refractivity contribution in [2.24, 2.45) is 0 Å². The van der Waals surface area contributed by atoms with Crippen molar-refractivity contribution in [2.45, 2.75) is 51.4 Å². The molecule has 3 aliphatic rings. The van der Waals surface area contributed by atoms with Crippen molar-refractivity contribution in [3.8, 4) is 0 Å². The molecule has 0 spiro atoms. The molecule has 0 aliphatic carbocycles. The van der Waals surface area contributed by atoms with Crippen molar-refractivity contribution in [3.05, 3.63) is 63.6 Å². The molecule has 34 heavy (non-hydrogen) atoms. The first-order valence-electron chi connectivity index (χ1n) is 11.5. The molecule has 1 N–H and O–H groups in total. The normalized spacial score (nSPS) is 21.7. The van der Waals surface area contributed by atoms with Crippen LogP contribution in [-0.4, -0.2) is 34.4 Å². The number of thiocarbonyl (C=S) groups is 1. The number of nitrogens with zero attached hydrogens (tertiary/aromatic N) is 2. The second-order valence-electron chi connectivity index (χ2n) is 10.6. The number of hydrogen-bond donors (Lipinski definition) is 1. The summed E-state index contributed by atoms with van der Waals surface area (Å²) in [4.78, 5) is 29.1. The molecule has 0 radical (unpaired) electrons. The molecule has 2 aromatic carbocycles. The third-order valence-electron chi connectivity index (χ3n) is 7.38. The Morgan fingerprint density at radius 2 is 1.59 bits per heavy atom. The number of hydrogen-bond acceptors (Lipinski definition) is 5. The smallest absolute Gasteiger partial charge is 0.335 e. The van der Waals surface area contributed by atoms with Crippen LogP contribution < -0.4 is 9.80 Å². The zero-order valence-electron chi connectivity index (χ0n) is 19.8. The van der Waals surface area contributed by atoms with Gasteiger partial charge in [-0.1, -0.05) is 51.7 Å². The minimum absolute atomic E-state index is 0.0720. The summed E-state index contributed by atoms with van der Waals surface area (Å²) in [5.41, 5.74) is 6.02. The van der Waals surface area contributed by atoms with E-state index in [0.29, 0.717) is 14.9 Å². The van der Waals surface area contributed by atoms with Crippen molar-refractivity contribution in [1.29, 1.82) is 0 Å². The van der Waals surface area contributed by atoms with E-state index in [1.54, 1.807) is 12.1 Å². The Morgan fingerprint density at radius 3 is 2.12 bits per heavy atom. The number of anilines is 2. The molecule has 5 rings (SSSR count). The SMILES string of the molecule is CC1(C)CCN2CCC(C)(C)c3cc(/C=C4/SC(=S)N(c5ccc(C(=O)O)cc5)C4=O)cc1c32. The van der Waals surface area contributed by atoms with Gasteiger partial charge in [0.2, 0.25) is 0 Å². The summed E-state index contributed by atoms with van der Waals surface area (Å²) in [5, 5.41) is 9.15. The van der Waals surface area contributed by atoms with Gasteiger partial charge in [-0.2, -0.15) is 0 Å². The second-order valence-corrected chi connectivity index (χ2v) is 12.3. The Morgan fingerprint density at radius 1 is 1.03 bits per heavy atom. The van der Waals surface area contributed by atoms with Gasteiger partial charge in [0, 0.05) is 18.8 Å². The highest BCUT2D eigenvalue weighted by Crippen LogP contribution is 2.50. The van der Waals surface area contributed by atoms with Crippen molar-refractivity contribution in [3.63, 3.8) is 0 Å². The van der Waals surface area contributed by atoms with E-state index in [1.165, 1.54) is 45.6 Å². The van der Waals surface area contributed by atoms with Gasteiger partial charge in [-0.15, -0.1) is 0 Å². The Bertz CT molecular complexity index is 1220. The lowest BCUT2D eigenvalue weighted by Gasteiger charge is -2.48. The maximum atomic E-state index is 13.3. The largest absolute Gasteiger partial charge is 0.478 e.